The van der Waals surface area contributed by atoms with Crippen LogP contribution >= 0.6 is 0 Å². The number of benzene rings is 2. The Balaban J connectivity index is 1.31. The molecule has 0 spiro atoms. The first-order chi connectivity index (χ1) is 17.7. The molecule has 2 amide bonds. The molecule has 2 aromatic carbocycles. The van der Waals surface area contributed by atoms with E-state index in [1.54, 1.807) is 11.0 Å². The zero-order chi connectivity index (χ0) is 24.7. The van der Waals surface area contributed by atoms with Crippen molar-refractivity contribution in [2.24, 2.45) is 5.92 Å². The van der Waals surface area contributed by atoms with Crippen molar-refractivity contribution < 1.29 is 14.3 Å². The van der Waals surface area contributed by atoms with Crippen LogP contribution in [0.4, 0.5) is 0 Å². The third kappa shape index (κ3) is 5.74. The average Bonchev–Trinajstić information content (AvgIpc) is 3.35. The fourth-order valence-corrected chi connectivity index (χ4v) is 4.92. The summed E-state index contributed by atoms with van der Waals surface area (Å²) >= 11 is 0. The van der Waals surface area contributed by atoms with E-state index >= 15 is 0 Å². The van der Waals surface area contributed by atoms with Crippen molar-refractivity contribution in [1.29, 1.82) is 0 Å². The summed E-state index contributed by atoms with van der Waals surface area (Å²) in [6.45, 7) is 4.25. The van der Waals surface area contributed by atoms with E-state index in [4.69, 9.17) is 9.84 Å². The van der Waals surface area contributed by atoms with E-state index < -0.39 is 0 Å². The second kappa shape index (κ2) is 11.4. The van der Waals surface area contributed by atoms with Gasteiger partial charge in [-0.15, -0.1) is 0 Å². The maximum Gasteiger partial charge on any atom is 0.246 e. The van der Waals surface area contributed by atoms with Gasteiger partial charge in [-0.05, 0) is 24.5 Å². The quantitative estimate of drug-likeness (QED) is 0.501. The lowest BCUT2D eigenvalue weighted by atomic mass is 9.96. The molecule has 5 rings (SSSR count). The minimum absolute atomic E-state index is 0.0655. The topological polar surface area (TPSA) is 67.7 Å². The maximum atomic E-state index is 13.1. The summed E-state index contributed by atoms with van der Waals surface area (Å²) < 4.78 is 7.29. The third-order valence-electron chi connectivity index (χ3n) is 6.84. The van der Waals surface area contributed by atoms with Crippen LogP contribution in [-0.4, -0.2) is 70.8 Å². The summed E-state index contributed by atoms with van der Waals surface area (Å²) in [6.07, 6.45) is 7.13. The molecule has 0 aliphatic carbocycles. The van der Waals surface area contributed by atoms with Crippen molar-refractivity contribution in [1.82, 2.24) is 19.6 Å². The lowest BCUT2D eigenvalue weighted by Crippen LogP contribution is -2.49. The minimum Gasteiger partial charge on any atom is -0.378 e. The second-order valence-corrected chi connectivity index (χ2v) is 9.38. The molecular weight excluding hydrogens is 452 g/mol. The number of amides is 2. The van der Waals surface area contributed by atoms with E-state index in [0.717, 1.165) is 35.2 Å². The summed E-state index contributed by atoms with van der Waals surface area (Å²) in [4.78, 5) is 29.8. The van der Waals surface area contributed by atoms with Crippen molar-refractivity contribution in [2.45, 2.75) is 19.4 Å². The van der Waals surface area contributed by atoms with Gasteiger partial charge in [0, 0.05) is 49.6 Å². The van der Waals surface area contributed by atoms with E-state index in [0.29, 0.717) is 45.9 Å². The Bertz CT molecular complexity index is 1200. The Hall–Kier alpha value is -3.71. The van der Waals surface area contributed by atoms with Crippen LogP contribution in [0.25, 0.3) is 17.3 Å². The first-order valence-electron chi connectivity index (χ1n) is 12.7. The predicted molar refractivity (Wildman–Crippen MR) is 139 cm³/mol. The van der Waals surface area contributed by atoms with Crippen LogP contribution in [-0.2, 0) is 20.9 Å². The van der Waals surface area contributed by atoms with Crippen LogP contribution in [0, 0.1) is 5.92 Å². The standard InChI is InChI=1S/C29H32N4O3/c34-27(32-15-7-12-26(21-32)29(35)31-16-18-36-19-17-31)14-13-25-22-33(20-23-8-3-1-4-9-23)30-28(25)24-10-5-2-6-11-24/h1-6,8-11,13-14,22,26H,7,12,15-21H2/b14-13+. The number of likely N-dealkylation sites (tertiary alicyclic amines) is 1. The zero-order valence-corrected chi connectivity index (χ0v) is 20.5. The largest absolute Gasteiger partial charge is 0.378 e. The molecule has 1 aromatic heterocycles. The number of carbonyl (C=O) groups excluding carboxylic acids is 2. The number of hydrogen-bond donors (Lipinski definition) is 0. The molecule has 0 N–H and O–H groups in total. The fraction of sp³-hybridized carbons (Fsp3) is 0.345. The number of morpholine rings is 1. The first-order valence-corrected chi connectivity index (χ1v) is 12.7. The molecule has 2 aliphatic heterocycles. The SMILES string of the molecule is O=C(/C=C/c1cn(Cc2ccccc2)nc1-c1ccccc1)N1CCCC(C(=O)N2CCOCC2)C1. The van der Waals surface area contributed by atoms with Gasteiger partial charge in [0.15, 0.2) is 0 Å². The normalized spacial score (nSPS) is 18.5. The Labute approximate surface area is 212 Å². The molecule has 0 radical (unpaired) electrons. The van der Waals surface area contributed by atoms with Gasteiger partial charge in [-0.1, -0.05) is 60.7 Å². The lowest BCUT2D eigenvalue weighted by Gasteiger charge is -2.35. The summed E-state index contributed by atoms with van der Waals surface area (Å²) in [5.41, 5.74) is 3.90. The van der Waals surface area contributed by atoms with Crippen molar-refractivity contribution in [3.05, 3.63) is 84.1 Å². The number of nitrogens with zero attached hydrogens (tertiary/aromatic N) is 4. The molecular formula is C29H32N4O3. The third-order valence-corrected chi connectivity index (χ3v) is 6.84. The highest BCUT2D eigenvalue weighted by Gasteiger charge is 2.31. The number of ether oxygens (including phenoxy) is 1. The van der Waals surface area contributed by atoms with Crippen LogP contribution in [0.15, 0.2) is 72.9 Å². The van der Waals surface area contributed by atoms with Crippen molar-refractivity contribution in [2.75, 3.05) is 39.4 Å². The fourth-order valence-electron chi connectivity index (χ4n) is 4.92. The minimum atomic E-state index is -0.136. The molecule has 186 valence electrons. The second-order valence-electron chi connectivity index (χ2n) is 9.38. The van der Waals surface area contributed by atoms with Crippen LogP contribution in [0.3, 0.4) is 0 Å². The molecule has 0 saturated carbocycles. The molecule has 2 aliphatic rings. The average molecular weight is 485 g/mol. The number of piperidine rings is 1. The van der Waals surface area contributed by atoms with E-state index in [-0.39, 0.29) is 17.7 Å². The van der Waals surface area contributed by atoms with Gasteiger partial charge in [-0.3, -0.25) is 14.3 Å². The highest BCUT2D eigenvalue weighted by Crippen LogP contribution is 2.24. The van der Waals surface area contributed by atoms with Crippen LogP contribution in [0.2, 0.25) is 0 Å². The number of carbonyl (C=O) groups is 2. The van der Waals surface area contributed by atoms with Crippen LogP contribution in [0.5, 0.6) is 0 Å². The lowest BCUT2D eigenvalue weighted by molar-refractivity contribution is -0.143. The van der Waals surface area contributed by atoms with Gasteiger partial charge in [0.1, 0.15) is 0 Å². The molecule has 36 heavy (non-hydrogen) atoms. The zero-order valence-electron chi connectivity index (χ0n) is 20.5. The molecule has 0 bridgehead atoms. The Kier molecular flexibility index (Phi) is 7.57. The molecule has 7 heteroatoms. The van der Waals surface area contributed by atoms with Gasteiger partial charge in [0.05, 0.1) is 31.4 Å². The van der Waals surface area contributed by atoms with Gasteiger partial charge in [0.2, 0.25) is 11.8 Å². The molecule has 1 atom stereocenters. The van der Waals surface area contributed by atoms with Gasteiger partial charge >= 0.3 is 0 Å². The predicted octanol–water partition coefficient (Wildman–Crippen LogP) is 3.71. The highest BCUT2D eigenvalue weighted by molar-refractivity contribution is 5.93. The monoisotopic (exact) mass is 484 g/mol. The van der Waals surface area contributed by atoms with Crippen LogP contribution in [0.1, 0.15) is 24.0 Å². The van der Waals surface area contributed by atoms with Gasteiger partial charge in [-0.25, -0.2) is 0 Å². The first kappa shape index (κ1) is 24.0. The molecule has 3 heterocycles. The highest BCUT2D eigenvalue weighted by atomic mass is 16.5. The molecule has 1 unspecified atom stereocenters. The van der Waals surface area contributed by atoms with Crippen molar-refractivity contribution in [3.63, 3.8) is 0 Å². The Morgan fingerprint density at radius 3 is 2.42 bits per heavy atom. The Morgan fingerprint density at radius 1 is 0.944 bits per heavy atom. The van der Waals surface area contributed by atoms with Gasteiger partial charge in [-0.2, -0.15) is 5.10 Å². The van der Waals surface area contributed by atoms with Gasteiger partial charge < -0.3 is 14.5 Å². The Morgan fingerprint density at radius 2 is 1.67 bits per heavy atom. The number of rotatable bonds is 6. The molecule has 7 nitrogen and oxygen atoms in total. The van der Waals surface area contributed by atoms with Gasteiger partial charge in [0.25, 0.3) is 0 Å². The molecule has 2 saturated heterocycles. The summed E-state index contributed by atoms with van der Waals surface area (Å²) in [6, 6.07) is 20.2. The van der Waals surface area contributed by atoms with E-state index in [1.165, 1.54) is 0 Å². The smallest absolute Gasteiger partial charge is 0.246 e. The number of aromatic nitrogens is 2. The maximum absolute atomic E-state index is 13.1. The summed E-state index contributed by atoms with van der Waals surface area (Å²) in [7, 11) is 0. The summed E-state index contributed by atoms with van der Waals surface area (Å²) in [5.74, 6) is -0.0552. The van der Waals surface area contributed by atoms with Crippen molar-refractivity contribution in [3.8, 4) is 11.3 Å². The van der Waals surface area contributed by atoms with E-state index in [1.807, 2.05) is 70.4 Å². The van der Waals surface area contributed by atoms with Crippen LogP contribution < -0.4 is 0 Å². The van der Waals surface area contributed by atoms with E-state index in [9.17, 15) is 9.59 Å². The van der Waals surface area contributed by atoms with Crippen molar-refractivity contribution >= 4 is 17.9 Å². The van der Waals surface area contributed by atoms with E-state index in [2.05, 4.69) is 12.1 Å². The summed E-state index contributed by atoms with van der Waals surface area (Å²) in [5, 5.41) is 4.83. The molecule has 2 fully saturated rings. The number of hydrogen-bond acceptors (Lipinski definition) is 4. The molecule has 3 aromatic rings.